The summed E-state index contributed by atoms with van der Waals surface area (Å²) >= 11 is 0. The van der Waals surface area contributed by atoms with Crippen molar-refractivity contribution in [1.29, 1.82) is 0 Å². The van der Waals surface area contributed by atoms with Crippen molar-refractivity contribution in [1.82, 2.24) is 0 Å². The molecule has 0 unspecified atom stereocenters. The summed E-state index contributed by atoms with van der Waals surface area (Å²) in [5.41, 5.74) is 2.40. The standard InChI is InChI=1S/C10H13F2Si/c1-9-5-2-3-6-10(9)7-4-8-13(11)12/h2-3,5-6H,4,7-8H2,1H3. The van der Waals surface area contributed by atoms with Crippen molar-refractivity contribution in [2.45, 2.75) is 25.8 Å². The van der Waals surface area contributed by atoms with Crippen LogP contribution >= 0.6 is 0 Å². The summed E-state index contributed by atoms with van der Waals surface area (Å²) in [5.74, 6) is 0. The van der Waals surface area contributed by atoms with Crippen molar-refractivity contribution < 1.29 is 8.22 Å². The maximum absolute atomic E-state index is 11.9. The second kappa shape index (κ2) is 5.12. The first-order valence-corrected chi connectivity index (χ1v) is 5.88. The number of aryl methyl sites for hydroxylation is 2. The molecule has 0 atom stereocenters. The van der Waals surface area contributed by atoms with E-state index in [-0.39, 0.29) is 6.04 Å². The topological polar surface area (TPSA) is 0 Å². The van der Waals surface area contributed by atoms with Gasteiger partial charge >= 0.3 is 9.46 Å². The average molecular weight is 199 g/mol. The van der Waals surface area contributed by atoms with Gasteiger partial charge in [0.15, 0.2) is 0 Å². The smallest absolute Gasteiger partial charge is 0.268 e. The van der Waals surface area contributed by atoms with Gasteiger partial charge in [-0.25, -0.2) is 0 Å². The van der Waals surface area contributed by atoms with Crippen molar-refractivity contribution in [3.05, 3.63) is 35.4 Å². The summed E-state index contributed by atoms with van der Waals surface area (Å²) in [5, 5.41) is 0. The van der Waals surface area contributed by atoms with E-state index in [1.165, 1.54) is 11.1 Å². The summed E-state index contributed by atoms with van der Waals surface area (Å²) in [4.78, 5) is 0. The normalized spacial score (nSPS) is 10.8. The Morgan fingerprint density at radius 2 is 1.92 bits per heavy atom. The minimum atomic E-state index is -3.02. The second-order valence-electron chi connectivity index (χ2n) is 3.12. The Kier molecular flexibility index (Phi) is 4.09. The maximum atomic E-state index is 11.9. The Hall–Kier alpha value is -0.703. The Balaban J connectivity index is 2.41. The molecule has 71 valence electrons. The molecule has 13 heavy (non-hydrogen) atoms. The summed E-state index contributed by atoms with van der Waals surface area (Å²) in [7, 11) is -3.02. The highest BCUT2D eigenvalue weighted by molar-refractivity contribution is 6.42. The van der Waals surface area contributed by atoms with E-state index < -0.39 is 9.46 Å². The van der Waals surface area contributed by atoms with Crippen LogP contribution < -0.4 is 0 Å². The van der Waals surface area contributed by atoms with Crippen LogP contribution in [0.15, 0.2) is 24.3 Å². The molecule has 3 heteroatoms. The molecule has 0 N–H and O–H groups in total. The van der Waals surface area contributed by atoms with Gasteiger partial charge in [0.2, 0.25) is 0 Å². The fraction of sp³-hybridized carbons (Fsp3) is 0.400. The van der Waals surface area contributed by atoms with Crippen LogP contribution in [-0.4, -0.2) is 9.46 Å². The molecule has 0 aliphatic carbocycles. The molecule has 0 bridgehead atoms. The van der Waals surface area contributed by atoms with Crippen LogP contribution in [0.4, 0.5) is 8.22 Å². The van der Waals surface area contributed by atoms with E-state index in [9.17, 15) is 8.22 Å². The number of rotatable bonds is 4. The molecule has 0 spiro atoms. The third-order valence-electron chi connectivity index (χ3n) is 2.07. The highest BCUT2D eigenvalue weighted by atomic mass is 28.4. The summed E-state index contributed by atoms with van der Waals surface area (Å²) in [6.07, 6.45) is 1.40. The Bertz CT molecular complexity index is 261. The number of hydrogen-bond donors (Lipinski definition) is 0. The largest absolute Gasteiger partial charge is 0.476 e. The number of halogens is 2. The molecule has 0 saturated heterocycles. The third kappa shape index (κ3) is 3.68. The van der Waals surface area contributed by atoms with E-state index >= 15 is 0 Å². The molecule has 0 aromatic heterocycles. The highest BCUT2D eigenvalue weighted by Crippen LogP contribution is 2.12. The molecular weight excluding hydrogens is 186 g/mol. The molecule has 1 aromatic carbocycles. The molecule has 0 heterocycles. The van der Waals surface area contributed by atoms with E-state index in [0.29, 0.717) is 6.42 Å². The van der Waals surface area contributed by atoms with Crippen molar-refractivity contribution >= 4 is 9.46 Å². The SMILES string of the molecule is Cc1ccccc1CCC[Si](F)F. The van der Waals surface area contributed by atoms with E-state index in [4.69, 9.17) is 0 Å². The van der Waals surface area contributed by atoms with Crippen molar-refractivity contribution in [2.75, 3.05) is 0 Å². The van der Waals surface area contributed by atoms with Gasteiger partial charge in [0.25, 0.3) is 0 Å². The predicted octanol–water partition coefficient (Wildman–Crippen LogP) is 3.35. The van der Waals surface area contributed by atoms with Crippen LogP contribution in [0.3, 0.4) is 0 Å². The van der Waals surface area contributed by atoms with Crippen molar-refractivity contribution in [3.63, 3.8) is 0 Å². The number of hydrogen-bond acceptors (Lipinski definition) is 0. The van der Waals surface area contributed by atoms with Crippen LogP contribution in [0.1, 0.15) is 17.5 Å². The van der Waals surface area contributed by atoms with Crippen LogP contribution in [0.2, 0.25) is 6.04 Å². The van der Waals surface area contributed by atoms with Crippen LogP contribution in [0.25, 0.3) is 0 Å². The van der Waals surface area contributed by atoms with Gasteiger partial charge in [-0.15, -0.1) is 0 Å². The van der Waals surface area contributed by atoms with Gasteiger partial charge < -0.3 is 0 Å². The quantitative estimate of drug-likeness (QED) is 0.515. The zero-order valence-corrected chi connectivity index (χ0v) is 8.69. The zero-order valence-electron chi connectivity index (χ0n) is 7.69. The van der Waals surface area contributed by atoms with E-state index in [0.717, 1.165) is 6.42 Å². The Labute approximate surface area is 79.5 Å². The van der Waals surface area contributed by atoms with Crippen molar-refractivity contribution in [3.8, 4) is 0 Å². The first-order valence-electron chi connectivity index (χ1n) is 4.41. The summed E-state index contributed by atoms with van der Waals surface area (Å²) in [6.45, 7) is 2.02. The molecule has 1 radical (unpaired) electrons. The van der Waals surface area contributed by atoms with Crippen LogP contribution in [0, 0.1) is 6.92 Å². The lowest BCUT2D eigenvalue weighted by Gasteiger charge is -2.03. The lowest BCUT2D eigenvalue weighted by molar-refractivity contribution is 0.641. The van der Waals surface area contributed by atoms with E-state index in [1.807, 2.05) is 31.2 Å². The summed E-state index contributed by atoms with van der Waals surface area (Å²) in [6, 6.07) is 8.07. The molecule has 0 amide bonds. The summed E-state index contributed by atoms with van der Waals surface area (Å²) < 4.78 is 23.9. The lowest BCUT2D eigenvalue weighted by atomic mass is 10.1. The van der Waals surface area contributed by atoms with Crippen LogP contribution in [-0.2, 0) is 6.42 Å². The fourth-order valence-corrected chi connectivity index (χ4v) is 1.75. The van der Waals surface area contributed by atoms with Crippen LogP contribution in [0.5, 0.6) is 0 Å². The average Bonchev–Trinajstić information content (AvgIpc) is 2.08. The van der Waals surface area contributed by atoms with E-state index in [2.05, 4.69) is 0 Å². The second-order valence-corrected chi connectivity index (χ2v) is 4.30. The minimum absolute atomic E-state index is 0.110. The van der Waals surface area contributed by atoms with Gasteiger partial charge in [-0.1, -0.05) is 24.3 Å². The monoisotopic (exact) mass is 199 g/mol. The predicted molar refractivity (Wildman–Crippen MR) is 52.3 cm³/mol. The highest BCUT2D eigenvalue weighted by Gasteiger charge is 2.09. The first-order chi connectivity index (χ1) is 6.20. The van der Waals surface area contributed by atoms with Gasteiger partial charge in [-0.3, -0.25) is 8.22 Å². The maximum Gasteiger partial charge on any atom is 0.476 e. The minimum Gasteiger partial charge on any atom is -0.268 e. The first kappa shape index (κ1) is 10.4. The molecule has 0 fully saturated rings. The fourth-order valence-electron chi connectivity index (χ4n) is 1.30. The van der Waals surface area contributed by atoms with Gasteiger partial charge in [0.05, 0.1) is 0 Å². The van der Waals surface area contributed by atoms with Gasteiger partial charge in [0, 0.05) is 6.04 Å². The zero-order chi connectivity index (χ0) is 9.68. The molecule has 1 aromatic rings. The molecular formula is C10H13F2Si. The molecule has 1 rings (SSSR count). The third-order valence-corrected chi connectivity index (χ3v) is 2.80. The molecule has 0 nitrogen and oxygen atoms in total. The van der Waals surface area contributed by atoms with Gasteiger partial charge in [-0.2, -0.15) is 0 Å². The molecule has 0 saturated carbocycles. The Morgan fingerprint density at radius 3 is 2.54 bits per heavy atom. The van der Waals surface area contributed by atoms with Gasteiger partial charge in [-0.05, 0) is 30.9 Å². The van der Waals surface area contributed by atoms with Crippen molar-refractivity contribution in [2.24, 2.45) is 0 Å². The number of benzene rings is 1. The Morgan fingerprint density at radius 1 is 1.23 bits per heavy atom. The van der Waals surface area contributed by atoms with Gasteiger partial charge in [0.1, 0.15) is 0 Å². The molecule has 0 aliphatic rings. The molecule has 0 aliphatic heterocycles. The lowest BCUT2D eigenvalue weighted by Crippen LogP contribution is -1.97. The van der Waals surface area contributed by atoms with E-state index in [1.54, 1.807) is 0 Å².